The van der Waals surface area contributed by atoms with E-state index in [4.69, 9.17) is 10.5 Å². The van der Waals surface area contributed by atoms with Crippen molar-refractivity contribution in [3.8, 4) is 5.75 Å². The maximum atomic E-state index is 11.7. The number of rotatable bonds is 7. The maximum Gasteiger partial charge on any atom is 0.251 e. The molecule has 0 atom stereocenters. The van der Waals surface area contributed by atoms with Crippen LogP contribution in [0.1, 0.15) is 43.5 Å². The number of anilines is 1. The lowest BCUT2D eigenvalue weighted by molar-refractivity contribution is 0.0953. The molecule has 0 heterocycles. The number of benzene rings is 1. The zero-order valence-electron chi connectivity index (χ0n) is 11.2. The van der Waals surface area contributed by atoms with Gasteiger partial charge in [-0.1, -0.05) is 20.3 Å². The molecule has 0 aliphatic rings. The Hall–Kier alpha value is -1.71. The van der Waals surface area contributed by atoms with E-state index in [2.05, 4.69) is 12.2 Å². The van der Waals surface area contributed by atoms with Gasteiger partial charge in [0.25, 0.3) is 5.91 Å². The van der Waals surface area contributed by atoms with Gasteiger partial charge in [0.15, 0.2) is 0 Å². The third kappa shape index (κ3) is 4.28. The number of ether oxygens (including phenoxy) is 1. The van der Waals surface area contributed by atoms with E-state index < -0.39 is 0 Å². The molecule has 0 saturated heterocycles. The summed E-state index contributed by atoms with van der Waals surface area (Å²) in [6.45, 7) is 5.45. The fraction of sp³-hybridized carbons (Fsp3) is 0.500. The summed E-state index contributed by atoms with van der Waals surface area (Å²) in [6.07, 6.45) is 3.00. The average Bonchev–Trinajstić information content (AvgIpc) is 2.38. The fourth-order valence-corrected chi connectivity index (χ4v) is 1.49. The van der Waals surface area contributed by atoms with E-state index in [1.807, 2.05) is 6.92 Å². The summed E-state index contributed by atoms with van der Waals surface area (Å²) in [4.78, 5) is 11.7. The minimum absolute atomic E-state index is 0.0938. The molecule has 1 aromatic carbocycles. The Kier molecular flexibility index (Phi) is 6.05. The summed E-state index contributed by atoms with van der Waals surface area (Å²) in [5.74, 6) is 0.555. The molecule has 0 fully saturated rings. The molecule has 1 amide bonds. The van der Waals surface area contributed by atoms with Gasteiger partial charge in [0.1, 0.15) is 5.75 Å². The standard InChI is InChI=1S/C14H22N2O2/c1-3-5-9-18-13-7-6-11(10-12(13)15)14(17)16-8-4-2/h6-7,10H,3-5,8-9,15H2,1-2H3,(H,16,17). The van der Waals surface area contributed by atoms with Crippen LogP contribution < -0.4 is 15.8 Å². The van der Waals surface area contributed by atoms with E-state index in [1.165, 1.54) is 0 Å². The van der Waals surface area contributed by atoms with E-state index in [0.29, 0.717) is 30.2 Å². The molecule has 0 saturated carbocycles. The van der Waals surface area contributed by atoms with E-state index >= 15 is 0 Å². The predicted molar refractivity (Wildman–Crippen MR) is 73.9 cm³/mol. The Balaban J connectivity index is 2.63. The first-order chi connectivity index (χ1) is 8.69. The predicted octanol–water partition coefficient (Wildman–Crippen LogP) is 2.59. The maximum absolute atomic E-state index is 11.7. The Morgan fingerprint density at radius 2 is 2.11 bits per heavy atom. The highest BCUT2D eigenvalue weighted by Crippen LogP contribution is 2.22. The van der Waals surface area contributed by atoms with Crippen LogP contribution in [0.15, 0.2) is 18.2 Å². The first-order valence-corrected chi connectivity index (χ1v) is 6.49. The summed E-state index contributed by atoms with van der Waals surface area (Å²) in [6, 6.07) is 5.15. The van der Waals surface area contributed by atoms with Gasteiger partial charge in [0.2, 0.25) is 0 Å². The fourth-order valence-electron chi connectivity index (χ4n) is 1.49. The number of nitrogen functional groups attached to an aromatic ring is 1. The van der Waals surface area contributed by atoms with Crippen molar-refractivity contribution in [2.24, 2.45) is 0 Å². The molecule has 1 rings (SSSR count). The Bertz CT molecular complexity index is 391. The average molecular weight is 250 g/mol. The summed E-state index contributed by atoms with van der Waals surface area (Å²) in [5.41, 5.74) is 6.95. The zero-order valence-corrected chi connectivity index (χ0v) is 11.2. The molecule has 3 N–H and O–H groups in total. The van der Waals surface area contributed by atoms with Crippen LogP contribution in [0.25, 0.3) is 0 Å². The van der Waals surface area contributed by atoms with Gasteiger partial charge in [-0.25, -0.2) is 0 Å². The van der Waals surface area contributed by atoms with Gasteiger partial charge in [0.05, 0.1) is 12.3 Å². The zero-order chi connectivity index (χ0) is 13.4. The second kappa shape index (κ2) is 7.58. The molecule has 0 radical (unpaired) electrons. The van der Waals surface area contributed by atoms with Gasteiger partial charge in [0, 0.05) is 12.1 Å². The second-order valence-corrected chi connectivity index (χ2v) is 4.21. The van der Waals surface area contributed by atoms with Crippen LogP contribution in [0.5, 0.6) is 5.75 Å². The second-order valence-electron chi connectivity index (χ2n) is 4.21. The summed E-state index contributed by atoms with van der Waals surface area (Å²) in [5, 5.41) is 2.81. The van der Waals surface area contributed by atoms with Crippen molar-refractivity contribution in [2.75, 3.05) is 18.9 Å². The Morgan fingerprint density at radius 1 is 1.33 bits per heavy atom. The van der Waals surface area contributed by atoms with Crippen molar-refractivity contribution in [1.82, 2.24) is 5.32 Å². The van der Waals surface area contributed by atoms with Gasteiger partial charge >= 0.3 is 0 Å². The molecule has 0 aliphatic carbocycles. The van der Waals surface area contributed by atoms with Crippen molar-refractivity contribution < 1.29 is 9.53 Å². The topological polar surface area (TPSA) is 64.3 Å². The van der Waals surface area contributed by atoms with Crippen molar-refractivity contribution >= 4 is 11.6 Å². The lowest BCUT2D eigenvalue weighted by Crippen LogP contribution is -2.24. The number of carbonyl (C=O) groups excluding carboxylic acids is 1. The highest BCUT2D eigenvalue weighted by molar-refractivity contribution is 5.95. The lowest BCUT2D eigenvalue weighted by atomic mass is 10.1. The molecule has 4 nitrogen and oxygen atoms in total. The van der Waals surface area contributed by atoms with E-state index in [1.54, 1.807) is 18.2 Å². The minimum Gasteiger partial charge on any atom is -0.491 e. The smallest absolute Gasteiger partial charge is 0.251 e. The van der Waals surface area contributed by atoms with E-state index in [0.717, 1.165) is 19.3 Å². The van der Waals surface area contributed by atoms with Crippen molar-refractivity contribution in [3.63, 3.8) is 0 Å². The molecule has 4 heteroatoms. The van der Waals surface area contributed by atoms with E-state index in [-0.39, 0.29) is 5.91 Å². The van der Waals surface area contributed by atoms with Crippen LogP contribution in [0, 0.1) is 0 Å². The molecule has 1 aromatic rings. The van der Waals surface area contributed by atoms with E-state index in [9.17, 15) is 4.79 Å². The summed E-state index contributed by atoms with van der Waals surface area (Å²) < 4.78 is 5.54. The van der Waals surface area contributed by atoms with Crippen molar-refractivity contribution in [1.29, 1.82) is 0 Å². The molecule has 0 bridgehead atoms. The van der Waals surface area contributed by atoms with Crippen LogP contribution >= 0.6 is 0 Å². The first kappa shape index (κ1) is 14.4. The van der Waals surface area contributed by atoms with Gasteiger partial charge in [-0.3, -0.25) is 4.79 Å². The van der Waals surface area contributed by atoms with Crippen molar-refractivity contribution in [2.45, 2.75) is 33.1 Å². The number of hydrogen-bond acceptors (Lipinski definition) is 3. The Morgan fingerprint density at radius 3 is 2.72 bits per heavy atom. The van der Waals surface area contributed by atoms with Crippen molar-refractivity contribution in [3.05, 3.63) is 23.8 Å². The molecule has 0 unspecified atom stereocenters. The molecule has 18 heavy (non-hydrogen) atoms. The quantitative estimate of drug-likeness (QED) is 0.577. The molecule has 100 valence electrons. The molecular weight excluding hydrogens is 228 g/mol. The van der Waals surface area contributed by atoms with Crippen LogP contribution in [-0.4, -0.2) is 19.1 Å². The number of nitrogens with two attached hydrogens (primary N) is 1. The minimum atomic E-state index is -0.0938. The van der Waals surface area contributed by atoms with Gasteiger partial charge < -0.3 is 15.8 Å². The highest BCUT2D eigenvalue weighted by Gasteiger charge is 2.08. The Labute approximate surface area is 109 Å². The monoisotopic (exact) mass is 250 g/mol. The number of nitrogens with one attached hydrogen (secondary N) is 1. The third-order valence-corrected chi connectivity index (χ3v) is 2.56. The van der Waals surface area contributed by atoms with Crippen LogP contribution in [0.4, 0.5) is 5.69 Å². The molecule has 0 spiro atoms. The van der Waals surface area contributed by atoms with Gasteiger partial charge in [-0.2, -0.15) is 0 Å². The summed E-state index contributed by atoms with van der Waals surface area (Å²) in [7, 11) is 0. The molecule has 0 aromatic heterocycles. The van der Waals surface area contributed by atoms with Gasteiger partial charge in [-0.15, -0.1) is 0 Å². The number of amides is 1. The number of hydrogen-bond donors (Lipinski definition) is 2. The van der Waals surface area contributed by atoms with Crippen LogP contribution in [-0.2, 0) is 0 Å². The first-order valence-electron chi connectivity index (χ1n) is 6.49. The third-order valence-electron chi connectivity index (χ3n) is 2.56. The number of unbranched alkanes of at least 4 members (excludes halogenated alkanes) is 1. The van der Waals surface area contributed by atoms with Crippen LogP contribution in [0.3, 0.4) is 0 Å². The highest BCUT2D eigenvalue weighted by atomic mass is 16.5. The molecular formula is C14H22N2O2. The molecule has 0 aliphatic heterocycles. The normalized spacial score (nSPS) is 10.1. The van der Waals surface area contributed by atoms with Crippen LogP contribution in [0.2, 0.25) is 0 Å². The number of carbonyl (C=O) groups is 1. The largest absolute Gasteiger partial charge is 0.491 e. The SMILES string of the molecule is CCCCOc1ccc(C(=O)NCCC)cc1N. The van der Waals surface area contributed by atoms with Gasteiger partial charge in [-0.05, 0) is 31.0 Å². The lowest BCUT2D eigenvalue weighted by Gasteiger charge is -2.10. The summed E-state index contributed by atoms with van der Waals surface area (Å²) >= 11 is 0.